The van der Waals surface area contributed by atoms with Crippen LogP contribution in [0.4, 0.5) is 0 Å². The van der Waals surface area contributed by atoms with Crippen molar-refractivity contribution in [3.05, 3.63) is 24.2 Å². The van der Waals surface area contributed by atoms with Crippen molar-refractivity contribution in [3.63, 3.8) is 0 Å². The SMILES string of the molecule is CC(C)CC(C)N(C)C(CN)c1ccoc1. The maximum Gasteiger partial charge on any atom is 0.0950 e. The first-order chi connectivity index (χ1) is 7.56. The smallest absolute Gasteiger partial charge is 0.0950 e. The Morgan fingerprint density at radius 2 is 2.06 bits per heavy atom. The second-order valence-corrected chi connectivity index (χ2v) is 4.95. The van der Waals surface area contributed by atoms with Crippen molar-refractivity contribution in [2.24, 2.45) is 11.7 Å². The van der Waals surface area contributed by atoms with Crippen molar-refractivity contribution in [2.45, 2.75) is 39.3 Å². The van der Waals surface area contributed by atoms with Crippen LogP contribution in [0.1, 0.15) is 38.8 Å². The molecule has 1 rings (SSSR count). The predicted molar refractivity (Wildman–Crippen MR) is 67.2 cm³/mol. The van der Waals surface area contributed by atoms with Gasteiger partial charge in [-0.3, -0.25) is 4.90 Å². The molecule has 0 fully saturated rings. The number of likely N-dealkylation sites (N-methyl/N-ethyl adjacent to an activating group) is 1. The Balaban J connectivity index is 2.66. The van der Waals surface area contributed by atoms with Gasteiger partial charge < -0.3 is 10.2 Å². The molecule has 1 aromatic rings. The molecular formula is C13H24N2O. The van der Waals surface area contributed by atoms with Crippen LogP contribution in [0.15, 0.2) is 23.0 Å². The molecule has 0 bridgehead atoms. The van der Waals surface area contributed by atoms with Crippen LogP contribution in [0.3, 0.4) is 0 Å². The molecule has 92 valence electrons. The molecule has 0 aliphatic carbocycles. The highest BCUT2D eigenvalue weighted by atomic mass is 16.3. The first-order valence-corrected chi connectivity index (χ1v) is 6.00. The summed E-state index contributed by atoms with van der Waals surface area (Å²) in [6.45, 7) is 7.38. The van der Waals surface area contributed by atoms with Crippen LogP contribution in [0.5, 0.6) is 0 Å². The summed E-state index contributed by atoms with van der Waals surface area (Å²) in [5.41, 5.74) is 7.02. The lowest BCUT2D eigenvalue weighted by molar-refractivity contribution is 0.168. The minimum atomic E-state index is 0.257. The van der Waals surface area contributed by atoms with Crippen molar-refractivity contribution in [3.8, 4) is 0 Å². The number of hydrogen-bond acceptors (Lipinski definition) is 3. The molecule has 3 heteroatoms. The molecule has 3 nitrogen and oxygen atoms in total. The zero-order chi connectivity index (χ0) is 12.1. The second-order valence-electron chi connectivity index (χ2n) is 4.95. The zero-order valence-electron chi connectivity index (χ0n) is 10.8. The van der Waals surface area contributed by atoms with Gasteiger partial charge in [-0.25, -0.2) is 0 Å². The van der Waals surface area contributed by atoms with Gasteiger partial charge in [-0.15, -0.1) is 0 Å². The van der Waals surface area contributed by atoms with Crippen molar-refractivity contribution < 1.29 is 4.42 Å². The molecule has 1 heterocycles. The third kappa shape index (κ3) is 3.35. The van der Waals surface area contributed by atoms with Crippen molar-refractivity contribution in [2.75, 3.05) is 13.6 Å². The molecule has 1 aromatic heterocycles. The highest BCUT2D eigenvalue weighted by Gasteiger charge is 2.21. The van der Waals surface area contributed by atoms with E-state index >= 15 is 0 Å². The van der Waals surface area contributed by atoms with Crippen LogP contribution in [0.2, 0.25) is 0 Å². The Kier molecular flexibility index (Phi) is 5.03. The number of rotatable bonds is 6. The van der Waals surface area contributed by atoms with E-state index in [9.17, 15) is 0 Å². The van der Waals surface area contributed by atoms with Crippen LogP contribution < -0.4 is 5.73 Å². The number of nitrogens with two attached hydrogens (primary N) is 1. The lowest BCUT2D eigenvalue weighted by Crippen LogP contribution is -2.37. The molecule has 0 aliphatic rings. The third-order valence-corrected chi connectivity index (χ3v) is 3.15. The Labute approximate surface area is 98.6 Å². The van der Waals surface area contributed by atoms with E-state index in [0.717, 1.165) is 0 Å². The van der Waals surface area contributed by atoms with Crippen LogP contribution >= 0.6 is 0 Å². The maximum atomic E-state index is 5.85. The summed E-state index contributed by atoms with van der Waals surface area (Å²) < 4.78 is 5.13. The summed E-state index contributed by atoms with van der Waals surface area (Å²) in [6.07, 6.45) is 4.68. The Morgan fingerprint density at radius 3 is 2.50 bits per heavy atom. The molecule has 2 N–H and O–H groups in total. The molecule has 0 saturated carbocycles. The normalized spacial score (nSPS) is 15.7. The van der Waals surface area contributed by atoms with E-state index in [1.165, 1.54) is 12.0 Å². The summed E-state index contributed by atoms with van der Waals surface area (Å²) in [5, 5.41) is 0. The molecule has 0 spiro atoms. The minimum Gasteiger partial charge on any atom is -0.472 e. The highest BCUT2D eigenvalue weighted by molar-refractivity contribution is 5.12. The fourth-order valence-electron chi connectivity index (χ4n) is 2.16. The third-order valence-electron chi connectivity index (χ3n) is 3.15. The van der Waals surface area contributed by atoms with Crippen LogP contribution in [0.25, 0.3) is 0 Å². The average molecular weight is 224 g/mol. The van der Waals surface area contributed by atoms with E-state index in [4.69, 9.17) is 10.2 Å². The van der Waals surface area contributed by atoms with Gasteiger partial charge in [0.05, 0.1) is 18.6 Å². The average Bonchev–Trinajstić information content (AvgIpc) is 2.71. The number of nitrogens with zero attached hydrogens (tertiary/aromatic N) is 1. The Hall–Kier alpha value is -0.800. The largest absolute Gasteiger partial charge is 0.472 e. The van der Waals surface area contributed by atoms with Gasteiger partial charge in [0.1, 0.15) is 0 Å². The van der Waals surface area contributed by atoms with Crippen molar-refractivity contribution in [1.29, 1.82) is 0 Å². The fourth-order valence-corrected chi connectivity index (χ4v) is 2.16. The van der Waals surface area contributed by atoms with E-state index in [1.54, 1.807) is 12.5 Å². The molecule has 0 aromatic carbocycles. The molecular weight excluding hydrogens is 200 g/mol. The van der Waals surface area contributed by atoms with Gasteiger partial charge in [0.15, 0.2) is 0 Å². The van der Waals surface area contributed by atoms with E-state index in [0.29, 0.717) is 18.5 Å². The maximum absolute atomic E-state index is 5.85. The highest BCUT2D eigenvalue weighted by Crippen LogP contribution is 2.23. The van der Waals surface area contributed by atoms with Crippen LogP contribution in [0, 0.1) is 5.92 Å². The summed E-state index contributed by atoms with van der Waals surface area (Å²) >= 11 is 0. The minimum absolute atomic E-state index is 0.257. The topological polar surface area (TPSA) is 42.4 Å². The second kappa shape index (κ2) is 6.06. The summed E-state index contributed by atoms with van der Waals surface area (Å²) in [6, 6.07) is 2.78. The van der Waals surface area contributed by atoms with Crippen molar-refractivity contribution >= 4 is 0 Å². The number of hydrogen-bond donors (Lipinski definition) is 1. The zero-order valence-corrected chi connectivity index (χ0v) is 10.8. The monoisotopic (exact) mass is 224 g/mol. The quantitative estimate of drug-likeness (QED) is 0.807. The molecule has 16 heavy (non-hydrogen) atoms. The molecule has 0 saturated heterocycles. The fraction of sp³-hybridized carbons (Fsp3) is 0.692. The van der Waals surface area contributed by atoms with E-state index < -0.39 is 0 Å². The summed E-state index contributed by atoms with van der Waals surface area (Å²) in [4.78, 5) is 2.34. The Morgan fingerprint density at radius 1 is 1.38 bits per heavy atom. The standard InChI is InChI=1S/C13H24N2O/c1-10(2)7-11(3)15(4)13(8-14)12-5-6-16-9-12/h5-6,9-11,13H,7-8,14H2,1-4H3. The predicted octanol–water partition coefficient (Wildman–Crippen LogP) is 2.65. The van der Waals surface area contributed by atoms with Gasteiger partial charge in [-0.1, -0.05) is 13.8 Å². The van der Waals surface area contributed by atoms with Gasteiger partial charge in [-0.05, 0) is 32.4 Å². The van der Waals surface area contributed by atoms with Gasteiger partial charge >= 0.3 is 0 Å². The van der Waals surface area contributed by atoms with Gasteiger partial charge in [0.2, 0.25) is 0 Å². The van der Waals surface area contributed by atoms with Gasteiger partial charge in [0, 0.05) is 18.2 Å². The van der Waals surface area contributed by atoms with Crippen molar-refractivity contribution in [1.82, 2.24) is 4.90 Å². The van der Waals surface area contributed by atoms with Gasteiger partial charge in [0.25, 0.3) is 0 Å². The molecule has 0 amide bonds. The van der Waals surface area contributed by atoms with E-state index in [1.807, 2.05) is 6.07 Å². The lowest BCUT2D eigenvalue weighted by atomic mass is 10.0. The molecule has 2 unspecified atom stereocenters. The summed E-state index contributed by atoms with van der Waals surface area (Å²) in [5.74, 6) is 0.709. The lowest BCUT2D eigenvalue weighted by Gasteiger charge is -2.32. The van der Waals surface area contributed by atoms with Crippen LogP contribution in [-0.2, 0) is 0 Å². The Bertz CT molecular complexity index is 282. The molecule has 0 aliphatic heterocycles. The molecule has 0 radical (unpaired) electrons. The first kappa shape index (κ1) is 13.3. The van der Waals surface area contributed by atoms with E-state index in [2.05, 4.69) is 32.7 Å². The first-order valence-electron chi connectivity index (χ1n) is 6.00. The number of furan rings is 1. The van der Waals surface area contributed by atoms with Crippen LogP contribution in [-0.4, -0.2) is 24.5 Å². The summed E-state index contributed by atoms with van der Waals surface area (Å²) in [7, 11) is 2.14. The molecule has 2 atom stereocenters. The van der Waals surface area contributed by atoms with E-state index in [-0.39, 0.29) is 6.04 Å². The van der Waals surface area contributed by atoms with Gasteiger partial charge in [-0.2, -0.15) is 0 Å².